The van der Waals surface area contributed by atoms with Crippen LogP contribution in [0.3, 0.4) is 0 Å². The van der Waals surface area contributed by atoms with Crippen molar-refractivity contribution in [1.29, 1.82) is 0 Å². The topological polar surface area (TPSA) is 54.0 Å². The summed E-state index contributed by atoms with van der Waals surface area (Å²) in [6, 6.07) is 12.8. The third-order valence-corrected chi connectivity index (χ3v) is 3.95. The molecule has 5 heteroatoms. The summed E-state index contributed by atoms with van der Waals surface area (Å²) in [6.07, 6.45) is 3.67. The number of aromatic amines is 1. The van der Waals surface area contributed by atoms with Gasteiger partial charge in [-0.3, -0.25) is 5.10 Å². The number of anilines is 1. The average molecular weight is 280 g/mol. The minimum atomic E-state index is 0.223. The van der Waals surface area contributed by atoms with Crippen LogP contribution in [0.25, 0.3) is 11.0 Å². The predicted molar refractivity (Wildman–Crippen MR) is 81.2 cm³/mol. The standard InChI is InChI=1S/C16H16N4O/c1-2-4-12(5-3-1)15-11-21-9-8-20(15)14-6-7-17-16-13(14)10-18-19-16/h1-7,10,15H,8-9,11H2,(H,17,18,19). The zero-order valence-corrected chi connectivity index (χ0v) is 11.6. The number of hydrogen-bond donors (Lipinski definition) is 1. The summed E-state index contributed by atoms with van der Waals surface area (Å²) < 4.78 is 5.70. The predicted octanol–water partition coefficient (Wildman–Crippen LogP) is 2.54. The lowest BCUT2D eigenvalue weighted by molar-refractivity contribution is 0.0943. The average Bonchev–Trinajstić information content (AvgIpc) is 3.04. The first kappa shape index (κ1) is 12.3. The third-order valence-electron chi connectivity index (χ3n) is 3.95. The van der Waals surface area contributed by atoms with Gasteiger partial charge >= 0.3 is 0 Å². The molecular weight excluding hydrogens is 264 g/mol. The van der Waals surface area contributed by atoms with E-state index in [0.29, 0.717) is 6.61 Å². The van der Waals surface area contributed by atoms with E-state index in [1.54, 1.807) is 0 Å². The molecule has 1 N–H and O–H groups in total. The van der Waals surface area contributed by atoms with Crippen LogP contribution in [0.15, 0.2) is 48.8 Å². The van der Waals surface area contributed by atoms with Gasteiger partial charge in [-0.2, -0.15) is 5.10 Å². The number of nitrogens with one attached hydrogen (secondary N) is 1. The Morgan fingerprint density at radius 1 is 1.19 bits per heavy atom. The van der Waals surface area contributed by atoms with Gasteiger partial charge in [0.15, 0.2) is 5.65 Å². The van der Waals surface area contributed by atoms with E-state index in [9.17, 15) is 0 Å². The first-order chi connectivity index (χ1) is 10.4. The Bertz CT molecular complexity index is 740. The summed E-state index contributed by atoms with van der Waals surface area (Å²) in [6.45, 7) is 2.31. The van der Waals surface area contributed by atoms with Crippen molar-refractivity contribution in [2.24, 2.45) is 0 Å². The maximum absolute atomic E-state index is 5.70. The molecule has 0 radical (unpaired) electrons. The fourth-order valence-corrected chi connectivity index (χ4v) is 2.93. The van der Waals surface area contributed by atoms with Crippen LogP contribution in [-0.2, 0) is 4.74 Å². The molecule has 3 heterocycles. The number of ether oxygens (including phenoxy) is 1. The van der Waals surface area contributed by atoms with Gasteiger partial charge in [0.1, 0.15) is 0 Å². The molecular formula is C16H16N4O. The smallest absolute Gasteiger partial charge is 0.157 e. The van der Waals surface area contributed by atoms with Crippen molar-refractivity contribution in [3.63, 3.8) is 0 Å². The largest absolute Gasteiger partial charge is 0.377 e. The molecule has 3 aromatic rings. The minimum Gasteiger partial charge on any atom is -0.377 e. The van der Waals surface area contributed by atoms with Crippen molar-refractivity contribution in [3.8, 4) is 0 Å². The molecule has 1 aromatic carbocycles. The maximum Gasteiger partial charge on any atom is 0.157 e. The monoisotopic (exact) mass is 280 g/mol. The van der Waals surface area contributed by atoms with Gasteiger partial charge in [0.05, 0.1) is 36.5 Å². The van der Waals surface area contributed by atoms with Crippen molar-refractivity contribution in [1.82, 2.24) is 15.2 Å². The zero-order chi connectivity index (χ0) is 14.1. The molecule has 0 spiro atoms. The summed E-state index contributed by atoms with van der Waals surface area (Å²) in [5.74, 6) is 0. The summed E-state index contributed by atoms with van der Waals surface area (Å²) in [7, 11) is 0. The Hall–Kier alpha value is -2.40. The van der Waals surface area contributed by atoms with Crippen molar-refractivity contribution >= 4 is 16.7 Å². The van der Waals surface area contributed by atoms with Crippen LogP contribution in [0.1, 0.15) is 11.6 Å². The number of H-pyrrole nitrogens is 1. The highest BCUT2D eigenvalue weighted by Crippen LogP contribution is 2.33. The van der Waals surface area contributed by atoms with Crippen LogP contribution >= 0.6 is 0 Å². The first-order valence-electron chi connectivity index (χ1n) is 7.11. The van der Waals surface area contributed by atoms with E-state index in [1.165, 1.54) is 5.56 Å². The zero-order valence-electron chi connectivity index (χ0n) is 11.6. The van der Waals surface area contributed by atoms with Gasteiger partial charge in [-0.15, -0.1) is 0 Å². The molecule has 0 amide bonds. The van der Waals surface area contributed by atoms with Gasteiger partial charge in [0.2, 0.25) is 0 Å². The third kappa shape index (κ3) is 2.15. The summed E-state index contributed by atoms with van der Waals surface area (Å²) in [5, 5.41) is 8.10. The molecule has 1 unspecified atom stereocenters. The van der Waals surface area contributed by atoms with Gasteiger partial charge < -0.3 is 9.64 Å². The molecule has 2 aromatic heterocycles. The molecule has 21 heavy (non-hydrogen) atoms. The van der Waals surface area contributed by atoms with E-state index in [2.05, 4.69) is 50.4 Å². The lowest BCUT2D eigenvalue weighted by Gasteiger charge is -2.37. The summed E-state index contributed by atoms with van der Waals surface area (Å²) in [5.41, 5.74) is 3.25. The van der Waals surface area contributed by atoms with Gasteiger partial charge in [-0.1, -0.05) is 30.3 Å². The Balaban J connectivity index is 1.79. The van der Waals surface area contributed by atoms with Gasteiger partial charge in [0.25, 0.3) is 0 Å². The number of hydrogen-bond acceptors (Lipinski definition) is 4. The van der Waals surface area contributed by atoms with Gasteiger partial charge in [-0.25, -0.2) is 4.98 Å². The minimum absolute atomic E-state index is 0.223. The van der Waals surface area contributed by atoms with Crippen molar-refractivity contribution in [2.75, 3.05) is 24.7 Å². The quantitative estimate of drug-likeness (QED) is 0.783. The number of rotatable bonds is 2. The van der Waals surface area contributed by atoms with E-state index in [0.717, 1.165) is 29.9 Å². The highest BCUT2D eigenvalue weighted by molar-refractivity contribution is 5.89. The van der Waals surface area contributed by atoms with Crippen molar-refractivity contribution in [3.05, 3.63) is 54.4 Å². The van der Waals surface area contributed by atoms with Gasteiger partial charge in [0, 0.05) is 12.7 Å². The fraction of sp³-hybridized carbons (Fsp3) is 0.250. The van der Waals surface area contributed by atoms with Crippen LogP contribution in [0.5, 0.6) is 0 Å². The van der Waals surface area contributed by atoms with E-state index < -0.39 is 0 Å². The van der Waals surface area contributed by atoms with Crippen LogP contribution in [0.4, 0.5) is 5.69 Å². The number of morpholine rings is 1. The molecule has 4 rings (SSSR count). The Kier molecular flexibility index (Phi) is 3.05. The normalized spacial score (nSPS) is 19.0. The molecule has 0 saturated carbocycles. The molecule has 1 aliphatic rings. The number of aromatic nitrogens is 3. The molecule has 1 saturated heterocycles. The Labute approximate surface area is 122 Å². The number of nitrogens with zero attached hydrogens (tertiary/aromatic N) is 3. The second-order valence-corrected chi connectivity index (χ2v) is 5.16. The fourth-order valence-electron chi connectivity index (χ4n) is 2.93. The summed E-state index contributed by atoms with van der Waals surface area (Å²) >= 11 is 0. The van der Waals surface area contributed by atoms with Crippen LogP contribution in [-0.4, -0.2) is 34.9 Å². The molecule has 106 valence electrons. The van der Waals surface area contributed by atoms with E-state index in [-0.39, 0.29) is 6.04 Å². The van der Waals surface area contributed by atoms with Crippen molar-refractivity contribution < 1.29 is 4.74 Å². The van der Waals surface area contributed by atoms with Crippen LogP contribution in [0.2, 0.25) is 0 Å². The maximum atomic E-state index is 5.70. The second kappa shape index (κ2) is 5.18. The first-order valence-corrected chi connectivity index (χ1v) is 7.11. The highest BCUT2D eigenvalue weighted by atomic mass is 16.5. The van der Waals surface area contributed by atoms with Crippen molar-refractivity contribution in [2.45, 2.75) is 6.04 Å². The SMILES string of the molecule is c1ccc(C2COCCN2c2ccnc3[nH]ncc23)cc1. The van der Waals surface area contributed by atoms with E-state index in [4.69, 9.17) is 4.74 Å². The lowest BCUT2D eigenvalue weighted by Crippen LogP contribution is -2.39. The Morgan fingerprint density at radius 2 is 2.10 bits per heavy atom. The lowest BCUT2D eigenvalue weighted by atomic mass is 10.0. The molecule has 0 aliphatic carbocycles. The highest BCUT2D eigenvalue weighted by Gasteiger charge is 2.26. The van der Waals surface area contributed by atoms with Crippen LogP contribution in [0, 0.1) is 0 Å². The molecule has 1 aliphatic heterocycles. The molecule has 1 atom stereocenters. The molecule has 1 fully saturated rings. The number of fused-ring (bicyclic) bond motifs is 1. The van der Waals surface area contributed by atoms with Crippen LogP contribution < -0.4 is 4.90 Å². The Morgan fingerprint density at radius 3 is 3.00 bits per heavy atom. The summed E-state index contributed by atoms with van der Waals surface area (Å²) in [4.78, 5) is 6.71. The molecule has 5 nitrogen and oxygen atoms in total. The number of pyridine rings is 1. The van der Waals surface area contributed by atoms with Gasteiger partial charge in [-0.05, 0) is 11.6 Å². The number of benzene rings is 1. The second-order valence-electron chi connectivity index (χ2n) is 5.16. The van der Waals surface area contributed by atoms with E-state index >= 15 is 0 Å². The van der Waals surface area contributed by atoms with E-state index in [1.807, 2.05) is 18.5 Å². The molecule has 0 bridgehead atoms.